The second kappa shape index (κ2) is 7.33. The van der Waals surface area contributed by atoms with E-state index in [0.717, 1.165) is 31.1 Å². The summed E-state index contributed by atoms with van der Waals surface area (Å²) >= 11 is 5.56. The van der Waals surface area contributed by atoms with Crippen LogP contribution < -0.4 is 0 Å². The summed E-state index contributed by atoms with van der Waals surface area (Å²) in [5, 5.41) is -0.404. The fraction of sp³-hybridized carbons (Fsp3) is 0.357. The standard InChI is InChI=1S/C14H14ClF3O2/c1-2-3-8-20-13(19)7-5-10-4-6-11(12(15)9-10)14(16,17)18/h4-7,9H,2-3,8H2,1H3. The van der Waals surface area contributed by atoms with Gasteiger partial charge < -0.3 is 4.74 Å². The molecule has 0 saturated carbocycles. The van der Waals surface area contributed by atoms with Crippen molar-refractivity contribution in [2.45, 2.75) is 25.9 Å². The molecule has 2 nitrogen and oxygen atoms in total. The number of carbonyl (C=O) groups is 1. The molecule has 0 saturated heterocycles. The van der Waals surface area contributed by atoms with E-state index in [1.54, 1.807) is 0 Å². The van der Waals surface area contributed by atoms with Gasteiger partial charge in [0.2, 0.25) is 0 Å². The zero-order valence-corrected chi connectivity index (χ0v) is 11.6. The minimum absolute atomic E-state index is 0.327. The van der Waals surface area contributed by atoms with Crippen LogP contribution in [-0.2, 0) is 15.7 Å². The molecule has 20 heavy (non-hydrogen) atoms. The molecule has 0 aliphatic rings. The van der Waals surface area contributed by atoms with Gasteiger partial charge in [-0.1, -0.05) is 31.0 Å². The highest BCUT2D eigenvalue weighted by Gasteiger charge is 2.32. The number of hydrogen-bond acceptors (Lipinski definition) is 2. The maximum absolute atomic E-state index is 12.5. The first-order chi connectivity index (χ1) is 9.34. The number of ether oxygens (including phenoxy) is 1. The summed E-state index contributed by atoms with van der Waals surface area (Å²) in [7, 11) is 0. The molecular weight excluding hydrogens is 293 g/mol. The smallest absolute Gasteiger partial charge is 0.417 e. The molecule has 0 unspecified atom stereocenters. The predicted molar refractivity (Wildman–Crippen MR) is 71.4 cm³/mol. The third kappa shape index (κ3) is 5.25. The van der Waals surface area contributed by atoms with E-state index in [0.29, 0.717) is 12.2 Å². The number of halogens is 4. The molecule has 6 heteroatoms. The predicted octanol–water partition coefficient (Wildman–Crippen LogP) is 4.72. The molecule has 1 rings (SSSR count). The summed E-state index contributed by atoms with van der Waals surface area (Å²) in [5.41, 5.74) is -0.503. The van der Waals surface area contributed by atoms with E-state index in [2.05, 4.69) is 0 Å². The van der Waals surface area contributed by atoms with Crippen molar-refractivity contribution in [1.82, 2.24) is 0 Å². The van der Waals surface area contributed by atoms with Gasteiger partial charge in [0, 0.05) is 6.08 Å². The zero-order chi connectivity index (χ0) is 15.2. The maximum Gasteiger partial charge on any atom is 0.417 e. The van der Waals surface area contributed by atoms with Crippen molar-refractivity contribution < 1.29 is 22.7 Å². The van der Waals surface area contributed by atoms with Gasteiger partial charge in [-0.2, -0.15) is 13.2 Å². The minimum atomic E-state index is -4.49. The lowest BCUT2D eigenvalue weighted by Gasteiger charge is -2.08. The number of esters is 1. The molecule has 1 aromatic carbocycles. The second-order valence-electron chi connectivity index (χ2n) is 4.09. The molecular formula is C14H14ClF3O2. The number of rotatable bonds is 5. The summed E-state index contributed by atoms with van der Waals surface area (Å²) < 4.78 is 42.3. The second-order valence-corrected chi connectivity index (χ2v) is 4.50. The zero-order valence-electron chi connectivity index (χ0n) is 10.8. The molecule has 110 valence electrons. The molecule has 0 fully saturated rings. The highest BCUT2D eigenvalue weighted by atomic mass is 35.5. The molecule has 0 radical (unpaired) electrons. The molecule has 0 aromatic heterocycles. The molecule has 0 spiro atoms. The summed E-state index contributed by atoms with van der Waals surface area (Å²) in [5.74, 6) is -0.533. The van der Waals surface area contributed by atoms with Crippen LogP contribution in [0.2, 0.25) is 5.02 Å². The normalized spacial score (nSPS) is 11.8. The highest BCUT2D eigenvalue weighted by Crippen LogP contribution is 2.35. The van der Waals surface area contributed by atoms with E-state index in [1.807, 2.05) is 6.92 Å². The number of benzene rings is 1. The van der Waals surface area contributed by atoms with E-state index in [1.165, 1.54) is 12.1 Å². The van der Waals surface area contributed by atoms with Gasteiger partial charge in [0.1, 0.15) is 0 Å². The Balaban J connectivity index is 2.70. The summed E-state index contributed by atoms with van der Waals surface area (Å²) in [6, 6.07) is 3.27. The Morgan fingerprint density at radius 1 is 1.40 bits per heavy atom. The van der Waals surface area contributed by atoms with Crippen molar-refractivity contribution in [3.63, 3.8) is 0 Å². The Labute approximate surface area is 120 Å². The van der Waals surface area contributed by atoms with Crippen LogP contribution >= 0.6 is 11.6 Å². The van der Waals surface area contributed by atoms with Crippen LogP contribution in [0.3, 0.4) is 0 Å². The van der Waals surface area contributed by atoms with Crippen molar-refractivity contribution in [3.8, 4) is 0 Å². The van der Waals surface area contributed by atoms with Crippen LogP contribution in [-0.4, -0.2) is 12.6 Å². The molecule has 1 aromatic rings. The number of hydrogen-bond donors (Lipinski definition) is 0. The van der Waals surface area contributed by atoms with Gasteiger partial charge in [0.25, 0.3) is 0 Å². The van der Waals surface area contributed by atoms with Gasteiger partial charge in [-0.25, -0.2) is 4.79 Å². The topological polar surface area (TPSA) is 26.3 Å². The molecule has 0 bridgehead atoms. The number of unbranched alkanes of at least 4 members (excludes halogenated alkanes) is 1. The SMILES string of the molecule is CCCCOC(=O)C=Cc1ccc(C(F)(F)F)c(Cl)c1. The Bertz CT molecular complexity index is 496. The van der Waals surface area contributed by atoms with Crippen LogP contribution in [0.15, 0.2) is 24.3 Å². The summed E-state index contributed by atoms with van der Waals surface area (Å²) in [6.45, 7) is 2.29. The highest BCUT2D eigenvalue weighted by molar-refractivity contribution is 6.31. The van der Waals surface area contributed by atoms with Gasteiger partial charge in [-0.05, 0) is 30.2 Å². The van der Waals surface area contributed by atoms with Crippen molar-refractivity contribution in [1.29, 1.82) is 0 Å². The quantitative estimate of drug-likeness (QED) is 0.447. The fourth-order valence-electron chi connectivity index (χ4n) is 1.39. The van der Waals surface area contributed by atoms with E-state index in [4.69, 9.17) is 16.3 Å². The van der Waals surface area contributed by atoms with Crippen LogP contribution in [0, 0.1) is 0 Å². The monoisotopic (exact) mass is 306 g/mol. The average Bonchev–Trinajstić information content (AvgIpc) is 2.35. The molecule has 0 N–H and O–H groups in total. The molecule has 0 amide bonds. The van der Waals surface area contributed by atoms with Crippen molar-refractivity contribution >= 4 is 23.6 Å². The van der Waals surface area contributed by atoms with Crippen LogP contribution in [0.25, 0.3) is 6.08 Å². The molecule has 0 aliphatic heterocycles. The largest absolute Gasteiger partial charge is 0.463 e. The Kier molecular flexibility index (Phi) is 6.07. The van der Waals surface area contributed by atoms with Gasteiger partial charge in [-0.15, -0.1) is 0 Å². The summed E-state index contributed by atoms with van der Waals surface area (Å²) in [4.78, 5) is 11.3. The van der Waals surface area contributed by atoms with Crippen molar-refractivity contribution in [3.05, 3.63) is 40.4 Å². The van der Waals surface area contributed by atoms with Crippen LogP contribution in [0.4, 0.5) is 13.2 Å². The van der Waals surface area contributed by atoms with Gasteiger partial charge in [-0.3, -0.25) is 0 Å². The maximum atomic E-state index is 12.5. The van der Waals surface area contributed by atoms with Crippen molar-refractivity contribution in [2.24, 2.45) is 0 Å². The average molecular weight is 307 g/mol. The minimum Gasteiger partial charge on any atom is -0.463 e. The van der Waals surface area contributed by atoms with Gasteiger partial charge >= 0.3 is 12.1 Å². The lowest BCUT2D eigenvalue weighted by molar-refractivity contribution is -0.138. The third-order valence-electron chi connectivity index (χ3n) is 2.45. The fourth-order valence-corrected chi connectivity index (χ4v) is 1.69. The first kappa shape index (κ1) is 16.6. The van der Waals surface area contributed by atoms with E-state index in [-0.39, 0.29) is 0 Å². The van der Waals surface area contributed by atoms with E-state index < -0.39 is 22.7 Å². The lowest BCUT2D eigenvalue weighted by Crippen LogP contribution is -2.05. The Morgan fingerprint density at radius 3 is 2.65 bits per heavy atom. The Morgan fingerprint density at radius 2 is 2.10 bits per heavy atom. The van der Waals surface area contributed by atoms with Crippen LogP contribution in [0.1, 0.15) is 30.9 Å². The Hall–Kier alpha value is -1.49. The molecule has 0 aliphatic carbocycles. The van der Waals surface area contributed by atoms with Crippen molar-refractivity contribution in [2.75, 3.05) is 6.61 Å². The first-order valence-corrected chi connectivity index (χ1v) is 6.44. The number of alkyl halides is 3. The molecule has 0 atom stereocenters. The van der Waals surface area contributed by atoms with Gasteiger partial charge in [0.05, 0.1) is 17.2 Å². The van der Waals surface area contributed by atoms with E-state index in [9.17, 15) is 18.0 Å². The van der Waals surface area contributed by atoms with E-state index >= 15 is 0 Å². The third-order valence-corrected chi connectivity index (χ3v) is 2.77. The first-order valence-electron chi connectivity index (χ1n) is 6.06. The van der Waals surface area contributed by atoms with Crippen LogP contribution in [0.5, 0.6) is 0 Å². The lowest BCUT2D eigenvalue weighted by atomic mass is 10.1. The van der Waals surface area contributed by atoms with Gasteiger partial charge in [0.15, 0.2) is 0 Å². The summed E-state index contributed by atoms with van der Waals surface area (Å²) in [6.07, 6.45) is -0.287. The molecule has 0 heterocycles. The number of carbonyl (C=O) groups excluding carboxylic acids is 1.